The lowest BCUT2D eigenvalue weighted by molar-refractivity contribution is 0.197. The third kappa shape index (κ3) is 2.53. The van der Waals surface area contributed by atoms with Gasteiger partial charge in [-0.2, -0.15) is 5.10 Å². The fraction of sp³-hybridized carbons (Fsp3) is 0.615. The number of hydrogen-bond acceptors (Lipinski definition) is 5. The minimum atomic E-state index is -0.0603. The monoisotopic (exact) mass is 279 g/mol. The zero-order valence-corrected chi connectivity index (χ0v) is 12.4. The van der Waals surface area contributed by atoms with E-state index in [0.717, 1.165) is 12.1 Å². The SMILES string of the molecule is CCn1c(NCCCOC)nc2c(C)nn(C)c2c1=O. The number of hydrogen-bond donors (Lipinski definition) is 1. The van der Waals surface area contributed by atoms with Gasteiger partial charge in [0.15, 0.2) is 5.52 Å². The summed E-state index contributed by atoms with van der Waals surface area (Å²) < 4.78 is 8.24. The summed E-state index contributed by atoms with van der Waals surface area (Å²) in [6.07, 6.45) is 0.861. The van der Waals surface area contributed by atoms with E-state index < -0.39 is 0 Å². The normalized spacial score (nSPS) is 11.2. The smallest absolute Gasteiger partial charge is 0.281 e. The minimum Gasteiger partial charge on any atom is -0.385 e. The minimum absolute atomic E-state index is 0.0603. The van der Waals surface area contributed by atoms with Gasteiger partial charge in [0.2, 0.25) is 5.95 Å². The van der Waals surface area contributed by atoms with Gasteiger partial charge in [0.05, 0.1) is 5.69 Å². The van der Waals surface area contributed by atoms with Crippen LogP contribution >= 0.6 is 0 Å². The lowest BCUT2D eigenvalue weighted by Gasteiger charge is -2.12. The molecule has 0 radical (unpaired) electrons. The number of anilines is 1. The predicted octanol–water partition coefficient (Wildman–Crippen LogP) is 0.907. The zero-order chi connectivity index (χ0) is 14.7. The molecular formula is C13H21N5O2. The van der Waals surface area contributed by atoms with Crippen molar-refractivity contribution in [1.82, 2.24) is 19.3 Å². The third-order valence-electron chi connectivity index (χ3n) is 3.24. The molecule has 0 saturated carbocycles. The van der Waals surface area contributed by atoms with Crippen LogP contribution in [0.2, 0.25) is 0 Å². The molecule has 2 aromatic heterocycles. The second kappa shape index (κ2) is 6.04. The van der Waals surface area contributed by atoms with Gasteiger partial charge in [-0.1, -0.05) is 0 Å². The van der Waals surface area contributed by atoms with Crippen molar-refractivity contribution in [3.05, 3.63) is 16.0 Å². The third-order valence-corrected chi connectivity index (χ3v) is 3.24. The topological polar surface area (TPSA) is 74.0 Å². The molecule has 0 spiro atoms. The molecule has 1 N–H and O–H groups in total. The summed E-state index contributed by atoms with van der Waals surface area (Å²) in [5.41, 5.74) is 1.92. The van der Waals surface area contributed by atoms with Crippen molar-refractivity contribution in [2.24, 2.45) is 7.05 Å². The Labute approximate surface area is 117 Å². The average molecular weight is 279 g/mol. The summed E-state index contributed by atoms with van der Waals surface area (Å²) in [5, 5.41) is 7.47. The highest BCUT2D eigenvalue weighted by Gasteiger charge is 2.15. The standard InChI is InChI=1S/C13H21N5O2/c1-5-18-12(19)11-10(9(2)16-17(11)3)15-13(18)14-7-6-8-20-4/h5-8H2,1-4H3,(H,14,15). The first kappa shape index (κ1) is 14.5. The fourth-order valence-electron chi connectivity index (χ4n) is 2.26. The van der Waals surface area contributed by atoms with E-state index in [1.807, 2.05) is 13.8 Å². The first-order valence-electron chi connectivity index (χ1n) is 6.77. The molecule has 0 fully saturated rings. The van der Waals surface area contributed by atoms with Gasteiger partial charge in [-0.05, 0) is 20.3 Å². The van der Waals surface area contributed by atoms with Gasteiger partial charge < -0.3 is 10.1 Å². The molecule has 0 aromatic carbocycles. The van der Waals surface area contributed by atoms with E-state index in [2.05, 4.69) is 15.4 Å². The van der Waals surface area contributed by atoms with Gasteiger partial charge >= 0.3 is 0 Å². The van der Waals surface area contributed by atoms with Crippen molar-refractivity contribution in [3.8, 4) is 0 Å². The van der Waals surface area contributed by atoms with Crippen molar-refractivity contribution < 1.29 is 4.74 Å². The second-order valence-electron chi connectivity index (χ2n) is 4.66. The van der Waals surface area contributed by atoms with Gasteiger partial charge in [0.25, 0.3) is 5.56 Å². The van der Waals surface area contributed by atoms with Crippen molar-refractivity contribution in [2.75, 3.05) is 25.6 Å². The maximum Gasteiger partial charge on any atom is 0.281 e. The molecule has 0 amide bonds. The van der Waals surface area contributed by atoms with Crippen LogP contribution in [-0.4, -0.2) is 39.6 Å². The highest BCUT2D eigenvalue weighted by atomic mass is 16.5. The van der Waals surface area contributed by atoms with Crippen LogP contribution in [0.25, 0.3) is 11.0 Å². The van der Waals surface area contributed by atoms with Gasteiger partial charge in [0.1, 0.15) is 5.52 Å². The lowest BCUT2D eigenvalue weighted by atomic mass is 10.3. The van der Waals surface area contributed by atoms with Crippen LogP contribution in [0.5, 0.6) is 0 Å². The number of methoxy groups -OCH3 is 1. The molecule has 110 valence electrons. The second-order valence-corrected chi connectivity index (χ2v) is 4.66. The van der Waals surface area contributed by atoms with E-state index in [1.165, 1.54) is 0 Å². The van der Waals surface area contributed by atoms with Crippen LogP contribution in [-0.2, 0) is 18.3 Å². The van der Waals surface area contributed by atoms with E-state index in [1.54, 1.807) is 23.4 Å². The average Bonchev–Trinajstić information content (AvgIpc) is 2.70. The molecule has 2 rings (SSSR count). The number of nitrogens with one attached hydrogen (secondary N) is 1. The first-order chi connectivity index (χ1) is 9.60. The Bertz CT molecular complexity index is 659. The van der Waals surface area contributed by atoms with Gasteiger partial charge in [-0.15, -0.1) is 0 Å². The van der Waals surface area contributed by atoms with Crippen molar-refractivity contribution in [3.63, 3.8) is 0 Å². The van der Waals surface area contributed by atoms with Crippen molar-refractivity contribution >= 4 is 17.0 Å². The predicted molar refractivity (Wildman–Crippen MR) is 78.2 cm³/mol. The molecule has 2 aromatic rings. The van der Waals surface area contributed by atoms with E-state index in [-0.39, 0.29) is 5.56 Å². The van der Waals surface area contributed by atoms with Crippen molar-refractivity contribution in [2.45, 2.75) is 26.8 Å². The fourth-order valence-corrected chi connectivity index (χ4v) is 2.26. The molecule has 0 aliphatic carbocycles. The van der Waals surface area contributed by atoms with Crippen LogP contribution in [0.15, 0.2) is 4.79 Å². The Morgan fingerprint density at radius 3 is 2.80 bits per heavy atom. The van der Waals surface area contributed by atoms with E-state index in [0.29, 0.717) is 36.7 Å². The number of fused-ring (bicyclic) bond motifs is 1. The molecule has 7 heteroatoms. The van der Waals surface area contributed by atoms with Crippen LogP contribution in [0.1, 0.15) is 19.0 Å². The largest absolute Gasteiger partial charge is 0.385 e. The molecular weight excluding hydrogens is 258 g/mol. The number of aryl methyl sites for hydroxylation is 2. The molecule has 0 atom stereocenters. The maximum atomic E-state index is 12.5. The van der Waals surface area contributed by atoms with E-state index in [4.69, 9.17) is 4.74 Å². The number of nitrogens with zero attached hydrogens (tertiary/aromatic N) is 4. The molecule has 0 aliphatic rings. The highest BCUT2D eigenvalue weighted by Crippen LogP contribution is 2.14. The maximum absolute atomic E-state index is 12.5. The number of aromatic nitrogens is 4. The summed E-state index contributed by atoms with van der Waals surface area (Å²) in [4.78, 5) is 17.1. The quantitative estimate of drug-likeness (QED) is 0.795. The number of ether oxygens (including phenoxy) is 1. The Morgan fingerprint density at radius 2 is 2.15 bits per heavy atom. The summed E-state index contributed by atoms with van der Waals surface area (Å²) in [6, 6.07) is 0. The van der Waals surface area contributed by atoms with Crippen LogP contribution in [0.4, 0.5) is 5.95 Å². The van der Waals surface area contributed by atoms with Gasteiger partial charge in [-0.3, -0.25) is 14.0 Å². The number of rotatable bonds is 6. The Hall–Kier alpha value is -1.89. The molecule has 2 heterocycles. The summed E-state index contributed by atoms with van der Waals surface area (Å²) >= 11 is 0. The van der Waals surface area contributed by atoms with Crippen LogP contribution in [0, 0.1) is 6.92 Å². The highest BCUT2D eigenvalue weighted by molar-refractivity contribution is 5.77. The van der Waals surface area contributed by atoms with Crippen molar-refractivity contribution in [1.29, 1.82) is 0 Å². The Kier molecular flexibility index (Phi) is 4.39. The van der Waals surface area contributed by atoms with Crippen LogP contribution in [0.3, 0.4) is 0 Å². The lowest BCUT2D eigenvalue weighted by Crippen LogP contribution is -2.26. The molecule has 0 aliphatic heterocycles. The summed E-state index contributed by atoms with van der Waals surface area (Å²) in [6.45, 7) is 5.75. The van der Waals surface area contributed by atoms with Gasteiger partial charge in [0, 0.05) is 33.9 Å². The first-order valence-corrected chi connectivity index (χ1v) is 6.77. The molecule has 0 bridgehead atoms. The molecule has 7 nitrogen and oxygen atoms in total. The molecule has 20 heavy (non-hydrogen) atoms. The molecule has 0 saturated heterocycles. The van der Waals surface area contributed by atoms with Crippen LogP contribution < -0.4 is 10.9 Å². The van der Waals surface area contributed by atoms with Gasteiger partial charge in [-0.25, -0.2) is 4.98 Å². The van der Waals surface area contributed by atoms with E-state index >= 15 is 0 Å². The Morgan fingerprint density at radius 1 is 1.40 bits per heavy atom. The summed E-state index contributed by atoms with van der Waals surface area (Å²) in [7, 11) is 3.44. The Balaban J connectivity index is 2.43. The van der Waals surface area contributed by atoms with E-state index in [9.17, 15) is 4.79 Å². The zero-order valence-electron chi connectivity index (χ0n) is 12.4. The summed E-state index contributed by atoms with van der Waals surface area (Å²) in [5.74, 6) is 0.595. The molecule has 0 unspecified atom stereocenters.